The number of aromatic nitrogens is 1. The molecule has 1 aromatic heterocycles. The number of aliphatic carboxylic acids is 1. The quantitative estimate of drug-likeness (QED) is 0.495. The molecule has 2 aromatic carbocycles. The van der Waals surface area contributed by atoms with Crippen molar-refractivity contribution in [2.24, 2.45) is 11.8 Å². The Balaban J connectivity index is 1.71. The number of benzene rings is 2. The minimum Gasteiger partial charge on any atom is -0.481 e. The van der Waals surface area contributed by atoms with Crippen LogP contribution in [0.3, 0.4) is 0 Å². The van der Waals surface area contributed by atoms with E-state index in [0.29, 0.717) is 45.3 Å². The monoisotopic (exact) mass is 419 g/mol. The van der Waals surface area contributed by atoms with Gasteiger partial charge in [0.25, 0.3) is 0 Å². The molecule has 5 rings (SSSR count). The number of carboxylic acids is 1. The third-order valence-electron chi connectivity index (χ3n) is 6.24. The number of carbonyl (C=O) groups is 2. The average Bonchev–Trinajstić information content (AvgIpc) is 3.16. The first kappa shape index (κ1) is 19.6. The van der Waals surface area contributed by atoms with Crippen molar-refractivity contribution in [3.05, 3.63) is 41.5 Å². The zero-order chi connectivity index (χ0) is 21.7. The Morgan fingerprint density at radius 3 is 2.65 bits per heavy atom. The summed E-state index contributed by atoms with van der Waals surface area (Å²) in [4.78, 5) is 26.8. The van der Waals surface area contributed by atoms with Gasteiger partial charge in [-0.15, -0.1) is 0 Å². The first-order valence-corrected chi connectivity index (χ1v) is 10.7. The lowest BCUT2D eigenvalue weighted by Gasteiger charge is -2.37. The minimum absolute atomic E-state index is 0.0358. The number of fused-ring (bicyclic) bond motifs is 2. The van der Waals surface area contributed by atoms with Crippen LogP contribution in [0.4, 0.5) is 11.4 Å². The van der Waals surface area contributed by atoms with Crippen LogP contribution in [0.1, 0.15) is 42.6 Å². The van der Waals surface area contributed by atoms with E-state index < -0.39 is 5.97 Å². The van der Waals surface area contributed by atoms with Crippen molar-refractivity contribution < 1.29 is 19.2 Å². The third kappa shape index (κ3) is 3.24. The van der Waals surface area contributed by atoms with Gasteiger partial charge in [-0.1, -0.05) is 43.3 Å². The molecular weight excluding hydrogens is 394 g/mol. The number of hydrogen-bond acceptors (Lipinski definition) is 6. The largest absolute Gasteiger partial charge is 0.481 e. The highest BCUT2D eigenvalue weighted by Crippen LogP contribution is 2.46. The first-order chi connectivity index (χ1) is 14.9. The van der Waals surface area contributed by atoms with E-state index in [4.69, 9.17) is 9.63 Å². The van der Waals surface area contributed by atoms with Crippen molar-refractivity contribution in [3.8, 4) is 11.3 Å². The van der Waals surface area contributed by atoms with Crippen LogP contribution in [-0.2, 0) is 4.79 Å². The molecule has 2 aliphatic rings. The lowest BCUT2D eigenvalue weighted by Crippen LogP contribution is -2.39. The summed E-state index contributed by atoms with van der Waals surface area (Å²) in [5, 5.41) is 17.4. The summed E-state index contributed by atoms with van der Waals surface area (Å²) in [6.45, 7) is 6.53. The standard InChI is InChI=1S/C24H25N3O4/c1-13-9-14(2)12-27(11-13)18-10-17(25-8-7-19(28)29)20-21-22(18)26-31-24(21)16-6-4-3-5-15(16)23(20)30/h3-6,10,13-14,25H,7-9,11-12H2,1-2H3,(H,28,29)/t13-,14+. The molecule has 2 atom stereocenters. The molecular formula is C24H25N3O4. The highest BCUT2D eigenvalue weighted by molar-refractivity contribution is 6.28. The van der Waals surface area contributed by atoms with E-state index in [-0.39, 0.29) is 18.7 Å². The van der Waals surface area contributed by atoms with Crippen LogP contribution in [0.15, 0.2) is 34.9 Å². The van der Waals surface area contributed by atoms with E-state index in [1.807, 2.05) is 24.3 Å². The summed E-state index contributed by atoms with van der Waals surface area (Å²) in [5.41, 5.74) is 4.09. The van der Waals surface area contributed by atoms with E-state index >= 15 is 0 Å². The topological polar surface area (TPSA) is 95.7 Å². The molecule has 0 saturated carbocycles. The number of carbonyl (C=O) groups excluding carboxylic acids is 1. The van der Waals surface area contributed by atoms with Gasteiger partial charge in [-0.3, -0.25) is 9.59 Å². The molecule has 1 fully saturated rings. The molecule has 2 N–H and O–H groups in total. The fourth-order valence-corrected chi connectivity index (χ4v) is 5.09. The molecule has 160 valence electrons. The van der Waals surface area contributed by atoms with Gasteiger partial charge in [0, 0.05) is 36.4 Å². The Morgan fingerprint density at radius 2 is 1.94 bits per heavy atom. The summed E-state index contributed by atoms with van der Waals surface area (Å²) < 4.78 is 5.80. The van der Waals surface area contributed by atoms with E-state index in [9.17, 15) is 9.59 Å². The zero-order valence-corrected chi connectivity index (χ0v) is 17.6. The number of nitrogens with one attached hydrogen (secondary N) is 1. The number of rotatable bonds is 5. The SMILES string of the molecule is C[C@@H]1C[C@H](C)CN(c2cc(NCCC(=O)O)c3c4c(onc24)-c2ccccc2C3=O)C1. The van der Waals surface area contributed by atoms with Crippen molar-refractivity contribution in [2.75, 3.05) is 29.9 Å². The molecule has 1 saturated heterocycles. The van der Waals surface area contributed by atoms with Gasteiger partial charge in [-0.2, -0.15) is 0 Å². The van der Waals surface area contributed by atoms with Gasteiger partial charge in [0.2, 0.25) is 0 Å². The number of nitrogens with zero attached hydrogens (tertiary/aromatic N) is 2. The molecule has 0 unspecified atom stereocenters. The minimum atomic E-state index is -0.886. The van der Waals surface area contributed by atoms with Gasteiger partial charge in [0.1, 0.15) is 5.52 Å². The zero-order valence-electron chi connectivity index (χ0n) is 17.6. The highest BCUT2D eigenvalue weighted by Gasteiger charge is 2.34. The maximum Gasteiger partial charge on any atom is 0.305 e. The second-order valence-corrected chi connectivity index (χ2v) is 8.85. The number of hydrogen-bond donors (Lipinski definition) is 2. The van der Waals surface area contributed by atoms with Crippen molar-refractivity contribution in [3.63, 3.8) is 0 Å². The number of anilines is 2. The molecule has 31 heavy (non-hydrogen) atoms. The third-order valence-corrected chi connectivity index (χ3v) is 6.24. The number of carboxylic acid groups (broad SMARTS) is 1. The van der Waals surface area contributed by atoms with Gasteiger partial charge < -0.3 is 19.8 Å². The highest BCUT2D eigenvalue weighted by atomic mass is 16.5. The molecule has 0 spiro atoms. The Morgan fingerprint density at radius 1 is 1.23 bits per heavy atom. The summed E-state index contributed by atoms with van der Waals surface area (Å²) in [7, 11) is 0. The van der Waals surface area contributed by atoms with Crippen molar-refractivity contribution in [2.45, 2.75) is 26.7 Å². The molecule has 0 bridgehead atoms. The summed E-state index contributed by atoms with van der Waals surface area (Å²) >= 11 is 0. The van der Waals surface area contributed by atoms with E-state index in [0.717, 1.165) is 24.3 Å². The number of piperidine rings is 1. The lowest BCUT2D eigenvalue weighted by molar-refractivity contribution is -0.136. The molecule has 0 radical (unpaired) electrons. The van der Waals surface area contributed by atoms with Crippen molar-refractivity contribution in [1.29, 1.82) is 0 Å². The van der Waals surface area contributed by atoms with Crippen molar-refractivity contribution in [1.82, 2.24) is 5.16 Å². The fraction of sp³-hybridized carbons (Fsp3) is 0.375. The fourth-order valence-electron chi connectivity index (χ4n) is 5.09. The van der Waals surface area contributed by atoms with Crippen LogP contribution in [0, 0.1) is 11.8 Å². The molecule has 1 aliphatic carbocycles. The second-order valence-electron chi connectivity index (χ2n) is 8.85. The van der Waals surface area contributed by atoms with Crippen molar-refractivity contribution >= 4 is 34.0 Å². The van der Waals surface area contributed by atoms with Gasteiger partial charge in [-0.05, 0) is 24.3 Å². The lowest BCUT2D eigenvalue weighted by atomic mass is 9.85. The van der Waals surface area contributed by atoms with Crippen LogP contribution < -0.4 is 10.2 Å². The Hall–Kier alpha value is -3.35. The Labute approximate surface area is 180 Å². The van der Waals surface area contributed by atoms with Crippen LogP contribution in [-0.4, -0.2) is 41.7 Å². The average molecular weight is 419 g/mol. The van der Waals surface area contributed by atoms with Crippen LogP contribution in [0.2, 0.25) is 0 Å². The molecule has 7 nitrogen and oxygen atoms in total. The van der Waals surface area contributed by atoms with Crippen LogP contribution in [0.25, 0.3) is 22.2 Å². The number of ketones is 1. The van der Waals surface area contributed by atoms with Gasteiger partial charge in [0.05, 0.1) is 23.1 Å². The Kier molecular flexibility index (Phi) is 4.68. The Bertz CT molecular complexity index is 1190. The smallest absolute Gasteiger partial charge is 0.305 e. The van der Waals surface area contributed by atoms with E-state index in [2.05, 4.69) is 29.2 Å². The van der Waals surface area contributed by atoms with Crippen LogP contribution >= 0.6 is 0 Å². The van der Waals surface area contributed by atoms with Gasteiger partial charge >= 0.3 is 5.97 Å². The molecule has 1 aliphatic heterocycles. The van der Waals surface area contributed by atoms with E-state index in [1.165, 1.54) is 6.42 Å². The predicted molar refractivity (Wildman–Crippen MR) is 119 cm³/mol. The summed E-state index contributed by atoms with van der Waals surface area (Å²) in [6, 6.07) is 9.33. The molecule has 7 heteroatoms. The van der Waals surface area contributed by atoms with Crippen LogP contribution in [0.5, 0.6) is 0 Å². The normalized spacial score (nSPS) is 20.1. The maximum atomic E-state index is 13.5. The predicted octanol–water partition coefficient (Wildman–Crippen LogP) is 4.41. The summed E-state index contributed by atoms with van der Waals surface area (Å²) in [5.74, 6) is 0.707. The van der Waals surface area contributed by atoms with Gasteiger partial charge in [-0.25, -0.2) is 0 Å². The second kappa shape index (κ2) is 7.41. The molecule has 0 amide bonds. The van der Waals surface area contributed by atoms with E-state index in [1.54, 1.807) is 6.07 Å². The molecule has 2 heterocycles. The molecule has 3 aromatic rings. The maximum absolute atomic E-state index is 13.5. The van der Waals surface area contributed by atoms with Gasteiger partial charge in [0.15, 0.2) is 11.5 Å². The first-order valence-electron chi connectivity index (χ1n) is 10.7. The summed E-state index contributed by atoms with van der Waals surface area (Å²) in [6.07, 6.45) is 1.14.